The van der Waals surface area contributed by atoms with Crippen molar-refractivity contribution in [2.24, 2.45) is 10.7 Å². The highest BCUT2D eigenvalue weighted by molar-refractivity contribution is 5.85. The number of hydrogen-bond donors (Lipinski definition) is 2. The van der Waals surface area contributed by atoms with Crippen molar-refractivity contribution in [3.8, 4) is 0 Å². The fourth-order valence-corrected chi connectivity index (χ4v) is 1.93. The van der Waals surface area contributed by atoms with E-state index in [9.17, 15) is 13.2 Å². The highest BCUT2D eigenvalue weighted by Crippen LogP contribution is 2.38. The Morgan fingerprint density at radius 3 is 2.68 bits per heavy atom. The predicted molar refractivity (Wildman–Crippen MR) is 65.5 cm³/mol. The molecular weight excluding hydrogens is 259 g/mol. The van der Waals surface area contributed by atoms with E-state index in [4.69, 9.17) is 16.2 Å². The van der Waals surface area contributed by atoms with Crippen molar-refractivity contribution < 1.29 is 17.9 Å². The third kappa shape index (κ3) is 2.25. The monoisotopic (exact) mass is 273 g/mol. The minimum absolute atomic E-state index is 0.0895. The van der Waals surface area contributed by atoms with Gasteiger partial charge in [-0.2, -0.15) is 0 Å². The predicted octanol–water partition coefficient (Wildman–Crippen LogP) is 1.64. The van der Waals surface area contributed by atoms with Crippen LogP contribution in [0.3, 0.4) is 0 Å². The smallest absolute Gasteiger partial charge is 0.269 e. The van der Waals surface area contributed by atoms with Crippen molar-refractivity contribution >= 4 is 11.5 Å². The molecular formula is C12H14F3N3O. The third-order valence-electron chi connectivity index (χ3n) is 3.12. The molecule has 0 bridgehead atoms. The van der Waals surface area contributed by atoms with Gasteiger partial charge in [-0.25, -0.2) is 13.2 Å². The molecule has 0 aromatic heterocycles. The summed E-state index contributed by atoms with van der Waals surface area (Å²) in [5.41, 5.74) is 8.80. The van der Waals surface area contributed by atoms with Crippen LogP contribution in [-0.2, 0) is 10.3 Å². The summed E-state index contributed by atoms with van der Waals surface area (Å²) in [4.78, 5) is 3.79. The van der Waals surface area contributed by atoms with Crippen LogP contribution in [0.1, 0.15) is 12.5 Å². The number of nitrogen functional groups attached to an aromatic ring is 1. The molecule has 0 aliphatic carbocycles. The molecule has 0 saturated heterocycles. The van der Waals surface area contributed by atoms with Crippen LogP contribution >= 0.6 is 0 Å². The molecule has 1 aliphatic rings. The molecule has 104 valence electrons. The van der Waals surface area contributed by atoms with Gasteiger partial charge in [0.25, 0.3) is 6.43 Å². The van der Waals surface area contributed by atoms with E-state index in [0.29, 0.717) is 0 Å². The maximum Gasteiger partial charge on any atom is 0.269 e. The largest absolute Gasteiger partial charge is 0.399 e. The molecule has 0 fully saturated rings. The number of amidine groups is 1. The van der Waals surface area contributed by atoms with Crippen molar-refractivity contribution in [2.45, 2.75) is 25.0 Å². The number of aliphatic imine (C=N–C) groups is 1. The lowest BCUT2D eigenvalue weighted by Gasteiger charge is -2.35. The van der Waals surface area contributed by atoms with Gasteiger partial charge >= 0.3 is 0 Å². The summed E-state index contributed by atoms with van der Waals surface area (Å²) in [6.07, 6.45) is -3.54. The average molecular weight is 273 g/mol. The summed E-state index contributed by atoms with van der Waals surface area (Å²) in [5.74, 6) is -0.905. The Bertz CT molecular complexity index is 521. The van der Waals surface area contributed by atoms with Crippen LogP contribution in [0.5, 0.6) is 0 Å². The Hall–Kier alpha value is -1.76. The topological polar surface area (TPSA) is 73.6 Å². The summed E-state index contributed by atoms with van der Waals surface area (Å²) in [6.45, 7) is 1.14. The first-order chi connectivity index (χ1) is 8.86. The number of ether oxygens (including phenoxy) is 1. The second-order valence-corrected chi connectivity index (χ2v) is 4.45. The number of anilines is 1. The lowest BCUT2D eigenvalue weighted by molar-refractivity contribution is -0.0340. The van der Waals surface area contributed by atoms with E-state index >= 15 is 0 Å². The fraction of sp³-hybridized carbons (Fsp3) is 0.417. The normalized spacial score (nSPS) is 27.4. The van der Waals surface area contributed by atoms with Gasteiger partial charge in [0, 0.05) is 11.3 Å². The van der Waals surface area contributed by atoms with Crippen molar-refractivity contribution in [1.29, 1.82) is 0 Å². The molecule has 19 heavy (non-hydrogen) atoms. The Morgan fingerprint density at radius 2 is 2.11 bits per heavy atom. The Balaban J connectivity index is 2.61. The van der Waals surface area contributed by atoms with Crippen LogP contribution in [0.15, 0.2) is 23.2 Å². The number of nitrogens with zero attached hydrogens (tertiary/aromatic N) is 1. The third-order valence-corrected chi connectivity index (χ3v) is 3.12. The van der Waals surface area contributed by atoms with Crippen LogP contribution in [0.4, 0.5) is 18.9 Å². The maximum atomic E-state index is 13.8. The number of hydrogen-bond acceptors (Lipinski definition) is 4. The molecule has 4 N–H and O–H groups in total. The Kier molecular flexibility index (Phi) is 3.40. The molecule has 0 amide bonds. The van der Waals surface area contributed by atoms with Crippen LogP contribution in [0.25, 0.3) is 0 Å². The summed E-state index contributed by atoms with van der Waals surface area (Å²) < 4.78 is 45.8. The van der Waals surface area contributed by atoms with Gasteiger partial charge < -0.3 is 16.2 Å². The summed E-state index contributed by atoms with van der Waals surface area (Å²) >= 11 is 0. The quantitative estimate of drug-likeness (QED) is 0.804. The van der Waals surface area contributed by atoms with Crippen LogP contribution in [0, 0.1) is 5.82 Å². The van der Waals surface area contributed by atoms with Crippen molar-refractivity contribution in [3.05, 3.63) is 29.6 Å². The Morgan fingerprint density at radius 1 is 1.42 bits per heavy atom. The number of rotatable bonds is 2. The molecule has 2 rings (SSSR count). The molecule has 0 unspecified atom stereocenters. The standard InChI is InChI=1S/C12H14F3N3O/c1-6-10(17)18-12(5-19-6,11(14)15)8-4-7(16)2-3-9(8)13/h2-4,6,11H,5,16H2,1H3,(H2,17,18)/t6-,12+/m1/s1. The zero-order valence-electron chi connectivity index (χ0n) is 10.2. The van der Waals surface area contributed by atoms with Gasteiger partial charge in [0.2, 0.25) is 0 Å². The maximum absolute atomic E-state index is 13.8. The van der Waals surface area contributed by atoms with Crippen LogP contribution < -0.4 is 11.5 Å². The molecule has 1 aromatic rings. The summed E-state index contributed by atoms with van der Waals surface area (Å²) in [6, 6.07) is 3.45. The van der Waals surface area contributed by atoms with Crippen molar-refractivity contribution in [3.63, 3.8) is 0 Å². The van der Waals surface area contributed by atoms with E-state index in [2.05, 4.69) is 4.99 Å². The molecule has 0 saturated carbocycles. The van der Waals surface area contributed by atoms with Gasteiger partial charge in [-0.15, -0.1) is 0 Å². The fourth-order valence-electron chi connectivity index (χ4n) is 1.93. The van der Waals surface area contributed by atoms with Gasteiger partial charge in [0.15, 0.2) is 5.54 Å². The number of alkyl halides is 2. The van der Waals surface area contributed by atoms with E-state index in [0.717, 1.165) is 12.1 Å². The molecule has 1 heterocycles. The highest BCUT2D eigenvalue weighted by atomic mass is 19.3. The van der Waals surface area contributed by atoms with E-state index in [1.807, 2.05) is 0 Å². The summed E-state index contributed by atoms with van der Waals surface area (Å²) in [5, 5.41) is 0. The molecule has 2 atom stereocenters. The van der Waals surface area contributed by atoms with Gasteiger partial charge in [-0.1, -0.05) is 0 Å². The van der Waals surface area contributed by atoms with Gasteiger partial charge in [-0.3, -0.25) is 4.99 Å². The van der Waals surface area contributed by atoms with Crippen LogP contribution in [0.2, 0.25) is 0 Å². The first kappa shape index (κ1) is 13.7. The minimum Gasteiger partial charge on any atom is -0.399 e. The van der Waals surface area contributed by atoms with Crippen LogP contribution in [-0.4, -0.2) is 25.0 Å². The van der Waals surface area contributed by atoms with E-state index in [1.165, 1.54) is 6.07 Å². The lowest BCUT2D eigenvalue weighted by atomic mass is 9.89. The average Bonchev–Trinajstić information content (AvgIpc) is 2.35. The van der Waals surface area contributed by atoms with E-state index in [-0.39, 0.29) is 17.1 Å². The molecule has 7 heteroatoms. The zero-order chi connectivity index (χ0) is 14.2. The zero-order valence-corrected chi connectivity index (χ0v) is 10.2. The number of halogens is 3. The molecule has 0 spiro atoms. The van der Waals surface area contributed by atoms with Crippen molar-refractivity contribution in [2.75, 3.05) is 12.3 Å². The van der Waals surface area contributed by atoms with E-state index < -0.39 is 30.5 Å². The number of benzene rings is 1. The van der Waals surface area contributed by atoms with Gasteiger partial charge in [0.1, 0.15) is 17.8 Å². The first-order valence-corrected chi connectivity index (χ1v) is 5.67. The SMILES string of the molecule is C[C@H]1OC[C@](c2cc(N)ccc2F)(C(F)F)N=C1N. The number of nitrogens with two attached hydrogens (primary N) is 2. The highest BCUT2D eigenvalue weighted by Gasteiger charge is 2.47. The molecule has 4 nitrogen and oxygen atoms in total. The molecule has 0 radical (unpaired) electrons. The second-order valence-electron chi connectivity index (χ2n) is 4.45. The van der Waals surface area contributed by atoms with Gasteiger partial charge in [-0.05, 0) is 25.1 Å². The molecule has 1 aliphatic heterocycles. The van der Waals surface area contributed by atoms with Gasteiger partial charge in [0.05, 0.1) is 6.61 Å². The minimum atomic E-state index is -2.96. The first-order valence-electron chi connectivity index (χ1n) is 5.67. The Labute approximate surface area is 108 Å². The lowest BCUT2D eigenvalue weighted by Crippen LogP contribution is -2.48. The second kappa shape index (κ2) is 4.73. The molecule has 1 aromatic carbocycles. The van der Waals surface area contributed by atoms with Crippen molar-refractivity contribution in [1.82, 2.24) is 0 Å². The van der Waals surface area contributed by atoms with E-state index in [1.54, 1.807) is 6.92 Å². The summed E-state index contributed by atoms with van der Waals surface area (Å²) in [7, 11) is 0.